The van der Waals surface area contributed by atoms with Crippen LogP contribution in [0.25, 0.3) is 11.1 Å². The Hall–Kier alpha value is -1.97. The predicted molar refractivity (Wildman–Crippen MR) is 83.3 cm³/mol. The van der Waals surface area contributed by atoms with E-state index in [9.17, 15) is 4.79 Å². The van der Waals surface area contributed by atoms with Gasteiger partial charge in [0.1, 0.15) is 6.79 Å². The summed E-state index contributed by atoms with van der Waals surface area (Å²) >= 11 is 0. The molecular formula is C18H20O3. The molecule has 0 saturated heterocycles. The Morgan fingerprint density at radius 2 is 1.81 bits per heavy atom. The average molecular weight is 284 g/mol. The van der Waals surface area contributed by atoms with E-state index < -0.39 is 0 Å². The molecule has 0 aliphatic rings. The maximum Gasteiger partial charge on any atom is 0.150 e. The van der Waals surface area contributed by atoms with Gasteiger partial charge in [-0.05, 0) is 30.5 Å². The first kappa shape index (κ1) is 15.4. The lowest BCUT2D eigenvalue weighted by molar-refractivity contribution is -0.0818. The van der Waals surface area contributed by atoms with Crippen molar-refractivity contribution in [3.63, 3.8) is 0 Å². The first-order valence-electron chi connectivity index (χ1n) is 7.10. The minimum absolute atomic E-state index is 0.0214. The average Bonchev–Trinajstić information content (AvgIpc) is 2.55. The van der Waals surface area contributed by atoms with Gasteiger partial charge in [0, 0.05) is 12.2 Å². The fourth-order valence-electron chi connectivity index (χ4n) is 2.13. The van der Waals surface area contributed by atoms with Crippen LogP contribution in [0.15, 0.2) is 48.5 Å². The summed E-state index contributed by atoms with van der Waals surface area (Å²) in [6, 6.07) is 15.6. The molecule has 2 aromatic rings. The molecule has 2 rings (SSSR count). The van der Waals surface area contributed by atoms with Crippen molar-refractivity contribution >= 4 is 6.29 Å². The number of rotatable bonds is 7. The van der Waals surface area contributed by atoms with Gasteiger partial charge in [0.2, 0.25) is 0 Å². The van der Waals surface area contributed by atoms with Gasteiger partial charge in [0.25, 0.3) is 0 Å². The van der Waals surface area contributed by atoms with Crippen molar-refractivity contribution in [2.24, 2.45) is 0 Å². The third-order valence-electron chi connectivity index (χ3n) is 3.38. The van der Waals surface area contributed by atoms with Crippen molar-refractivity contribution in [3.05, 3.63) is 59.7 Å². The summed E-state index contributed by atoms with van der Waals surface area (Å²) in [5.41, 5.74) is 3.76. The summed E-state index contributed by atoms with van der Waals surface area (Å²) in [6.07, 6.45) is 0.865. The highest BCUT2D eigenvalue weighted by Gasteiger charge is 2.07. The molecule has 1 unspecified atom stereocenters. The minimum Gasteiger partial charge on any atom is -0.356 e. The van der Waals surface area contributed by atoms with Crippen molar-refractivity contribution in [2.45, 2.75) is 20.0 Å². The monoisotopic (exact) mass is 284 g/mol. The summed E-state index contributed by atoms with van der Waals surface area (Å²) in [4.78, 5) is 11.1. The zero-order chi connectivity index (χ0) is 15.1. The van der Waals surface area contributed by atoms with Crippen LogP contribution in [0.4, 0.5) is 0 Å². The van der Waals surface area contributed by atoms with Gasteiger partial charge in [0.15, 0.2) is 6.29 Å². The predicted octanol–water partition coefficient (Wildman–Crippen LogP) is 4.24. The van der Waals surface area contributed by atoms with Gasteiger partial charge < -0.3 is 9.47 Å². The number of benzene rings is 2. The van der Waals surface area contributed by atoms with E-state index in [4.69, 9.17) is 9.47 Å². The number of aldehydes is 1. The zero-order valence-corrected chi connectivity index (χ0v) is 12.4. The molecule has 1 atom stereocenters. The standard InChI is InChI=1S/C18H20O3/c1-3-20-13-21-14(2)15-8-10-16(11-9-15)18-7-5-4-6-17(18)12-19/h4-12,14H,3,13H2,1-2H3. The van der Waals surface area contributed by atoms with E-state index in [0.29, 0.717) is 19.0 Å². The fraction of sp³-hybridized carbons (Fsp3) is 0.278. The van der Waals surface area contributed by atoms with Crippen LogP contribution < -0.4 is 0 Å². The third-order valence-corrected chi connectivity index (χ3v) is 3.38. The van der Waals surface area contributed by atoms with Gasteiger partial charge in [-0.2, -0.15) is 0 Å². The topological polar surface area (TPSA) is 35.5 Å². The number of hydrogen-bond acceptors (Lipinski definition) is 3. The van der Waals surface area contributed by atoms with E-state index in [-0.39, 0.29) is 6.10 Å². The molecule has 21 heavy (non-hydrogen) atoms. The van der Waals surface area contributed by atoms with Gasteiger partial charge in [-0.15, -0.1) is 0 Å². The molecule has 110 valence electrons. The summed E-state index contributed by atoms with van der Waals surface area (Å²) in [7, 11) is 0. The lowest BCUT2D eigenvalue weighted by Gasteiger charge is -2.14. The second-order valence-electron chi connectivity index (χ2n) is 4.75. The molecule has 0 spiro atoms. The number of ether oxygens (including phenoxy) is 2. The van der Waals surface area contributed by atoms with Crippen LogP contribution in [0.3, 0.4) is 0 Å². The van der Waals surface area contributed by atoms with E-state index in [1.807, 2.05) is 62.4 Å². The highest BCUT2D eigenvalue weighted by Crippen LogP contribution is 2.25. The first-order valence-corrected chi connectivity index (χ1v) is 7.10. The highest BCUT2D eigenvalue weighted by molar-refractivity contribution is 5.87. The van der Waals surface area contributed by atoms with Crippen LogP contribution in [-0.4, -0.2) is 19.7 Å². The van der Waals surface area contributed by atoms with Crippen LogP contribution in [0, 0.1) is 0 Å². The van der Waals surface area contributed by atoms with Crippen LogP contribution in [0.5, 0.6) is 0 Å². The number of hydrogen-bond donors (Lipinski definition) is 0. The van der Waals surface area contributed by atoms with E-state index in [0.717, 1.165) is 23.0 Å². The van der Waals surface area contributed by atoms with Crippen molar-refractivity contribution in [1.29, 1.82) is 0 Å². The van der Waals surface area contributed by atoms with Gasteiger partial charge >= 0.3 is 0 Å². The van der Waals surface area contributed by atoms with Crippen molar-refractivity contribution in [3.8, 4) is 11.1 Å². The van der Waals surface area contributed by atoms with E-state index >= 15 is 0 Å². The number of carbonyl (C=O) groups excluding carboxylic acids is 1. The molecule has 0 aliphatic heterocycles. The Morgan fingerprint density at radius 1 is 1.10 bits per heavy atom. The summed E-state index contributed by atoms with van der Waals surface area (Å²) in [5.74, 6) is 0. The number of carbonyl (C=O) groups is 1. The lowest BCUT2D eigenvalue weighted by Crippen LogP contribution is -2.04. The van der Waals surface area contributed by atoms with Gasteiger partial charge in [0.05, 0.1) is 6.10 Å². The lowest BCUT2D eigenvalue weighted by atomic mass is 9.98. The van der Waals surface area contributed by atoms with Gasteiger partial charge in [-0.1, -0.05) is 48.5 Å². The van der Waals surface area contributed by atoms with E-state index in [1.54, 1.807) is 0 Å². The molecule has 0 heterocycles. The summed E-state index contributed by atoms with van der Waals surface area (Å²) in [6.45, 7) is 4.88. The molecule has 0 amide bonds. The quantitative estimate of drug-likeness (QED) is 0.433. The molecule has 3 heteroatoms. The molecule has 0 bridgehead atoms. The zero-order valence-electron chi connectivity index (χ0n) is 12.4. The Morgan fingerprint density at radius 3 is 2.48 bits per heavy atom. The van der Waals surface area contributed by atoms with E-state index in [2.05, 4.69) is 0 Å². The van der Waals surface area contributed by atoms with Gasteiger partial charge in [-0.3, -0.25) is 4.79 Å². The third kappa shape index (κ3) is 4.00. The summed E-state index contributed by atoms with van der Waals surface area (Å²) in [5, 5.41) is 0. The Balaban J connectivity index is 2.13. The van der Waals surface area contributed by atoms with Crippen LogP contribution >= 0.6 is 0 Å². The van der Waals surface area contributed by atoms with Crippen molar-refractivity contribution in [2.75, 3.05) is 13.4 Å². The highest BCUT2D eigenvalue weighted by atomic mass is 16.7. The molecule has 3 nitrogen and oxygen atoms in total. The van der Waals surface area contributed by atoms with Crippen LogP contribution in [-0.2, 0) is 9.47 Å². The summed E-state index contributed by atoms with van der Waals surface area (Å²) < 4.78 is 10.8. The Kier molecular flexibility index (Phi) is 5.67. The molecule has 0 aliphatic carbocycles. The second kappa shape index (κ2) is 7.72. The molecule has 0 aromatic heterocycles. The molecule has 2 aromatic carbocycles. The van der Waals surface area contributed by atoms with Crippen LogP contribution in [0.2, 0.25) is 0 Å². The van der Waals surface area contributed by atoms with Gasteiger partial charge in [-0.25, -0.2) is 0 Å². The van der Waals surface area contributed by atoms with Crippen LogP contribution in [0.1, 0.15) is 35.9 Å². The normalized spacial score (nSPS) is 12.1. The Bertz CT molecular complexity index is 575. The van der Waals surface area contributed by atoms with Crippen molar-refractivity contribution in [1.82, 2.24) is 0 Å². The van der Waals surface area contributed by atoms with E-state index in [1.165, 1.54) is 0 Å². The molecular weight excluding hydrogens is 264 g/mol. The maximum atomic E-state index is 11.1. The molecule has 0 N–H and O–H groups in total. The van der Waals surface area contributed by atoms with Crippen molar-refractivity contribution < 1.29 is 14.3 Å². The Labute approximate surface area is 125 Å². The minimum atomic E-state index is -0.0214. The first-order chi connectivity index (χ1) is 10.3. The molecule has 0 radical (unpaired) electrons. The second-order valence-corrected chi connectivity index (χ2v) is 4.75. The maximum absolute atomic E-state index is 11.1. The smallest absolute Gasteiger partial charge is 0.150 e. The molecule has 0 fully saturated rings. The SMILES string of the molecule is CCOCOC(C)c1ccc(-c2ccccc2C=O)cc1. The fourth-order valence-corrected chi connectivity index (χ4v) is 2.13. The largest absolute Gasteiger partial charge is 0.356 e. The molecule has 0 saturated carbocycles.